The van der Waals surface area contributed by atoms with Crippen LogP contribution in [0, 0.1) is 0 Å². The number of carbonyl (C=O) groups is 4. The zero-order valence-corrected chi connectivity index (χ0v) is 25.9. The molecule has 44 heavy (non-hydrogen) atoms. The summed E-state index contributed by atoms with van der Waals surface area (Å²) < 4.78 is 12.7. The maximum atomic E-state index is 13.1. The number of nitrogens with one attached hydrogen (secondary N) is 2. The molecule has 1 unspecified atom stereocenters. The highest BCUT2D eigenvalue weighted by Crippen LogP contribution is 2.38. The predicted octanol–water partition coefficient (Wildman–Crippen LogP) is 4.33. The van der Waals surface area contributed by atoms with Gasteiger partial charge in [0.1, 0.15) is 13.2 Å². The van der Waals surface area contributed by atoms with E-state index in [1.807, 2.05) is 42.5 Å². The van der Waals surface area contributed by atoms with E-state index in [9.17, 15) is 23.7 Å². The van der Waals surface area contributed by atoms with Gasteiger partial charge in [0.15, 0.2) is 0 Å². The number of anilines is 1. The van der Waals surface area contributed by atoms with E-state index in [4.69, 9.17) is 0 Å². The number of piperidine rings is 2. The lowest BCUT2D eigenvalue weighted by Gasteiger charge is -2.32. The van der Waals surface area contributed by atoms with Gasteiger partial charge < -0.3 is 14.8 Å². The van der Waals surface area contributed by atoms with Gasteiger partial charge >= 0.3 is 0 Å². The first kappa shape index (κ1) is 30.0. The molecule has 10 heteroatoms. The fourth-order valence-electron chi connectivity index (χ4n) is 6.59. The van der Waals surface area contributed by atoms with Crippen molar-refractivity contribution >= 4 is 41.8 Å². The summed E-state index contributed by atoms with van der Waals surface area (Å²) in [6, 6.07) is 20.3. The summed E-state index contributed by atoms with van der Waals surface area (Å²) >= 11 is 0. The van der Waals surface area contributed by atoms with Crippen LogP contribution in [0.3, 0.4) is 0 Å². The van der Waals surface area contributed by atoms with E-state index >= 15 is 0 Å². The minimum atomic E-state index is -2.55. The second-order valence-corrected chi connectivity index (χ2v) is 15.6. The fraction of sp³-hybridized carbons (Fsp3) is 0.353. The van der Waals surface area contributed by atoms with E-state index in [0.29, 0.717) is 41.0 Å². The third-order valence-electron chi connectivity index (χ3n) is 8.93. The molecule has 9 nitrogen and oxygen atoms in total. The molecule has 2 saturated heterocycles. The van der Waals surface area contributed by atoms with Crippen LogP contribution in [-0.2, 0) is 27.2 Å². The molecular formula is C34H37N4O5P. The Balaban J connectivity index is 1.06. The molecule has 3 aliphatic rings. The summed E-state index contributed by atoms with van der Waals surface area (Å²) in [6.07, 6.45) is 2.57. The fourth-order valence-corrected chi connectivity index (χ4v) is 7.74. The Morgan fingerprint density at radius 3 is 2.48 bits per heavy atom. The second kappa shape index (κ2) is 12.1. The van der Waals surface area contributed by atoms with Gasteiger partial charge in [0.25, 0.3) is 11.8 Å². The van der Waals surface area contributed by atoms with Crippen molar-refractivity contribution in [2.45, 2.75) is 50.7 Å². The van der Waals surface area contributed by atoms with Gasteiger partial charge in [-0.2, -0.15) is 0 Å². The number of nitrogens with zero attached hydrogens (tertiary/aromatic N) is 2. The van der Waals surface area contributed by atoms with Crippen molar-refractivity contribution in [3.05, 3.63) is 94.5 Å². The molecule has 3 heterocycles. The minimum absolute atomic E-state index is 0.147. The molecule has 0 radical (unpaired) electrons. The molecule has 2 fully saturated rings. The van der Waals surface area contributed by atoms with E-state index in [2.05, 4.69) is 21.6 Å². The first-order valence-electron chi connectivity index (χ1n) is 15.1. The highest BCUT2D eigenvalue weighted by molar-refractivity contribution is 7.70. The average molecular weight is 613 g/mol. The maximum Gasteiger partial charge on any atom is 0.255 e. The molecule has 3 aliphatic heterocycles. The number of likely N-dealkylation sites (tertiary alicyclic amines) is 1. The zero-order chi connectivity index (χ0) is 31.0. The van der Waals surface area contributed by atoms with Crippen LogP contribution in [-0.4, -0.2) is 65.9 Å². The Labute approximate surface area is 257 Å². The van der Waals surface area contributed by atoms with Gasteiger partial charge in [-0.1, -0.05) is 36.4 Å². The summed E-state index contributed by atoms with van der Waals surface area (Å²) in [5.41, 5.74) is 5.00. The average Bonchev–Trinajstić information content (AvgIpc) is 3.32. The quantitative estimate of drug-likeness (QED) is 0.303. The van der Waals surface area contributed by atoms with Gasteiger partial charge in [-0.05, 0) is 98.6 Å². The molecule has 1 atom stereocenters. The predicted molar refractivity (Wildman–Crippen MR) is 170 cm³/mol. The molecule has 0 bridgehead atoms. The summed E-state index contributed by atoms with van der Waals surface area (Å²) in [5.74, 6) is -0.673. The number of para-hydroxylation sites is 1. The minimum Gasteiger partial charge on any atom is -0.322 e. The number of rotatable bonds is 7. The Morgan fingerprint density at radius 2 is 1.73 bits per heavy atom. The number of hydrogen-bond donors (Lipinski definition) is 2. The number of hydrogen-bond acceptors (Lipinski definition) is 6. The summed E-state index contributed by atoms with van der Waals surface area (Å²) in [4.78, 5) is 54.1. The van der Waals surface area contributed by atoms with Crippen molar-refractivity contribution in [3.63, 3.8) is 0 Å². The second-order valence-electron chi connectivity index (χ2n) is 12.4. The van der Waals surface area contributed by atoms with E-state index in [0.717, 1.165) is 43.6 Å². The van der Waals surface area contributed by atoms with Gasteiger partial charge in [-0.15, -0.1) is 0 Å². The van der Waals surface area contributed by atoms with Crippen molar-refractivity contribution in [3.8, 4) is 0 Å². The van der Waals surface area contributed by atoms with E-state index in [1.165, 1.54) is 5.56 Å². The van der Waals surface area contributed by atoms with Crippen molar-refractivity contribution in [2.24, 2.45) is 0 Å². The Hall–Kier alpha value is -4.07. The Morgan fingerprint density at radius 1 is 0.955 bits per heavy atom. The lowest BCUT2D eigenvalue weighted by atomic mass is 9.87. The largest absolute Gasteiger partial charge is 0.322 e. The van der Waals surface area contributed by atoms with Crippen molar-refractivity contribution in [1.29, 1.82) is 0 Å². The third-order valence-corrected chi connectivity index (χ3v) is 10.5. The highest BCUT2D eigenvalue weighted by Gasteiger charge is 2.39. The van der Waals surface area contributed by atoms with Gasteiger partial charge in [-0.25, -0.2) is 0 Å². The van der Waals surface area contributed by atoms with E-state index in [-0.39, 0.29) is 24.1 Å². The highest BCUT2D eigenvalue weighted by atomic mass is 31.2. The monoisotopic (exact) mass is 612 g/mol. The van der Waals surface area contributed by atoms with Crippen LogP contribution in [0.15, 0.2) is 66.7 Å². The number of imide groups is 1. The Kier molecular flexibility index (Phi) is 8.27. The third kappa shape index (κ3) is 6.26. The lowest BCUT2D eigenvalue weighted by molar-refractivity contribution is -0.136. The number of carbonyl (C=O) groups excluding carboxylic acids is 4. The van der Waals surface area contributed by atoms with Gasteiger partial charge in [0.2, 0.25) is 11.8 Å². The lowest BCUT2D eigenvalue weighted by Crippen LogP contribution is -2.52. The van der Waals surface area contributed by atoms with Gasteiger partial charge in [-0.3, -0.25) is 29.4 Å². The number of amides is 4. The molecule has 228 valence electrons. The zero-order valence-electron chi connectivity index (χ0n) is 25.0. The van der Waals surface area contributed by atoms with Crippen molar-refractivity contribution in [1.82, 2.24) is 15.1 Å². The van der Waals surface area contributed by atoms with Gasteiger partial charge in [0, 0.05) is 35.9 Å². The van der Waals surface area contributed by atoms with Crippen LogP contribution in [0.4, 0.5) is 5.69 Å². The summed E-state index contributed by atoms with van der Waals surface area (Å²) in [7, 11) is -2.55. The molecule has 3 aromatic rings. The number of fused-ring (bicyclic) bond motifs is 1. The van der Waals surface area contributed by atoms with Crippen molar-refractivity contribution < 1.29 is 23.7 Å². The van der Waals surface area contributed by atoms with Gasteiger partial charge in [0.05, 0.1) is 5.69 Å². The van der Waals surface area contributed by atoms with Crippen LogP contribution in [0.5, 0.6) is 0 Å². The molecular weight excluding hydrogens is 575 g/mol. The normalized spacial score (nSPS) is 19.5. The molecule has 0 spiro atoms. The molecule has 4 amide bonds. The molecule has 0 saturated carbocycles. The first-order valence-corrected chi connectivity index (χ1v) is 17.7. The maximum absolute atomic E-state index is 13.1. The van der Waals surface area contributed by atoms with Crippen LogP contribution in [0.2, 0.25) is 0 Å². The molecule has 0 aliphatic carbocycles. The first-order chi connectivity index (χ1) is 21.1. The molecule has 2 N–H and O–H groups in total. The topological polar surface area (TPSA) is 116 Å². The molecule has 6 rings (SSSR count). The summed E-state index contributed by atoms with van der Waals surface area (Å²) in [6.45, 7) is 6.35. The SMILES string of the molecule is CP(C)(=O)c1ccccc1NC(=O)c1cccc(CN2CCC(c3ccc4c(c3)CN(C3CCC(=O)NC3=O)C4=O)CC2)c1. The van der Waals surface area contributed by atoms with E-state index in [1.54, 1.807) is 36.4 Å². The van der Waals surface area contributed by atoms with Crippen LogP contribution < -0.4 is 15.9 Å². The number of benzene rings is 3. The van der Waals surface area contributed by atoms with Crippen LogP contribution >= 0.6 is 7.14 Å². The summed E-state index contributed by atoms with van der Waals surface area (Å²) in [5, 5.41) is 5.97. The van der Waals surface area contributed by atoms with E-state index < -0.39 is 19.1 Å². The standard InChI is InChI=1S/C34H37N4O5P/c1-44(2,43)30-9-4-3-8-28(30)35-32(40)25-7-5-6-22(18-25)20-37-16-14-23(15-17-37)24-10-11-27-26(19-24)21-38(34(27)42)29-12-13-31(39)36-33(29)41/h3-11,18-19,23,29H,12-17,20-21H2,1-2H3,(H,35,40)(H,36,39,41). The van der Waals surface area contributed by atoms with Crippen LogP contribution in [0.25, 0.3) is 0 Å². The molecule has 3 aromatic carbocycles. The van der Waals surface area contributed by atoms with Crippen LogP contribution in [0.1, 0.15) is 69.0 Å². The Bertz CT molecular complexity index is 1690. The van der Waals surface area contributed by atoms with Crippen molar-refractivity contribution in [2.75, 3.05) is 31.7 Å². The smallest absolute Gasteiger partial charge is 0.255 e. The molecule has 0 aromatic heterocycles.